The summed E-state index contributed by atoms with van der Waals surface area (Å²) < 4.78 is 52.0. The van der Waals surface area contributed by atoms with Gasteiger partial charge in [-0.05, 0) is 122 Å². The molecule has 93 heavy (non-hydrogen) atoms. The van der Waals surface area contributed by atoms with Gasteiger partial charge in [0.1, 0.15) is 5.78 Å². The minimum Gasteiger partial charge on any atom is -0.389 e. The van der Waals surface area contributed by atoms with E-state index in [1.807, 2.05) is 45.0 Å². The van der Waals surface area contributed by atoms with Crippen molar-refractivity contribution in [3.8, 4) is 0 Å². The number of aliphatic hydroxyl groups is 1. The van der Waals surface area contributed by atoms with E-state index in [0.717, 1.165) is 62.5 Å². The molecule has 4 aliphatic rings. The van der Waals surface area contributed by atoms with Crippen molar-refractivity contribution >= 4 is 56.9 Å². The first-order valence-corrected chi connectivity index (χ1v) is 35.3. The normalized spacial score (nSPS) is 24.6. The number of halogens is 1. The van der Waals surface area contributed by atoms with Gasteiger partial charge >= 0.3 is 0 Å². The molecule has 4 fully saturated rings. The zero-order chi connectivity index (χ0) is 67.4. The third kappa shape index (κ3) is 32.9. The van der Waals surface area contributed by atoms with Gasteiger partial charge in [-0.2, -0.15) is 0 Å². The lowest BCUT2D eigenvalue weighted by atomic mass is 9.82. The molecule has 0 radical (unpaired) electrons. The highest BCUT2D eigenvalue weighted by Gasteiger charge is 2.51. The molecule has 5 amide bonds. The predicted octanol–water partition coefficient (Wildman–Crippen LogP) is 7.31. The van der Waals surface area contributed by atoms with Crippen LogP contribution in [0.3, 0.4) is 0 Å². The number of rotatable bonds is 46. The number of benzene rings is 1. The summed E-state index contributed by atoms with van der Waals surface area (Å²) in [5.74, 6) is 0.225. The monoisotopic (exact) mass is 1370 g/mol. The number of aliphatic hydroxyl groups excluding tert-OH is 1. The highest BCUT2D eigenvalue weighted by molar-refractivity contribution is 9.09. The average molecular weight is 1370 g/mol. The lowest BCUT2D eigenvalue weighted by molar-refractivity contribution is -0.129. The van der Waals surface area contributed by atoms with Gasteiger partial charge < -0.3 is 79.6 Å². The van der Waals surface area contributed by atoms with Gasteiger partial charge in [-0.25, -0.2) is 0 Å². The topological polar surface area (TPSA) is 281 Å². The molecule has 1 saturated carbocycles. The van der Waals surface area contributed by atoms with Crippen LogP contribution in [0.2, 0.25) is 0 Å². The number of carbonyl (C=O) groups excluding carboxylic acids is 6. The molecular formula is C70H113BrN6O16. The van der Waals surface area contributed by atoms with Gasteiger partial charge in [-0.1, -0.05) is 84.8 Å². The summed E-state index contributed by atoms with van der Waals surface area (Å²) in [6.07, 6.45) is 17.7. The number of nitrogens with one attached hydrogen (secondary N) is 6. The van der Waals surface area contributed by atoms with Crippen molar-refractivity contribution < 1.29 is 76.5 Å². The molecule has 11 atom stereocenters. The van der Waals surface area contributed by atoms with E-state index in [4.69, 9.17) is 42.6 Å². The lowest BCUT2D eigenvalue weighted by Gasteiger charge is -2.39. The summed E-state index contributed by atoms with van der Waals surface area (Å²) in [4.78, 5) is 77.0. The second-order valence-corrected chi connectivity index (χ2v) is 26.6. The van der Waals surface area contributed by atoms with Crippen molar-refractivity contribution in [3.63, 3.8) is 0 Å². The number of epoxide rings is 1. The molecule has 1 aliphatic carbocycles. The van der Waals surface area contributed by atoms with Crippen molar-refractivity contribution in [3.05, 3.63) is 65.8 Å². The molecule has 22 nitrogen and oxygen atoms in total. The minimum atomic E-state index is -0.684. The van der Waals surface area contributed by atoms with E-state index in [0.29, 0.717) is 137 Å². The number of unbranched alkanes of at least 4 members (excludes halogenated alkanes) is 1. The average Bonchev–Trinajstić information content (AvgIpc) is 1.64. The van der Waals surface area contributed by atoms with Gasteiger partial charge in [0.2, 0.25) is 29.5 Å². The van der Waals surface area contributed by atoms with Crippen molar-refractivity contribution in [2.24, 2.45) is 17.8 Å². The number of carbonyl (C=O) groups is 6. The Bertz CT molecular complexity index is 2470. The standard InChI is InChI=1S/C70H113BrN6O16/c1-48(2)68(77-64(80)15-11-12-29-85-31-33-87-35-37-89-39-40-90-38-36-88-34-32-86-30-28-72-67(83)46-71)52(6)73-53(7)69(84)76-61-14-10-9-13-56(61)21-24-58(79)42-55-19-22-57(23-20-55)74-66(82)43-60-45-70(47-91-70)44-59(93-60)25-16-49(3)17-26-63-50(4)41-62(54(8)92-63)75-65(81)27-18-51(5)78/h9-10,13-14,16-18,25,27,48,50-55,57,59-60,62-63,68,73,78H,11-12,15,19-24,26,28-47H2,1-8H3,(H,72,83)(H,74,82)(H,75,81)(H,76,84)(H,77,80)/b25-16+,27-18-,49-17+/t50-,51-,52?,53-,54+,55-,57-,59+,60+,62+,63-,68-,70+/m0/s1. The molecule has 526 valence electrons. The molecule has 3 aliphatic heterocycles. The van der Waals surface area contributed by atoms with Crippen molar-refractivity contribution in [1.29, 1.82) is 0 Å². The summed E-state index contributed by atoms with van der Waals surface area (Å²) in [5, 5.41) is 28.4. The molecule has 1 aromatic carbocycles. The van der Waals surface area contributed by atoms with E-state index >= 15 is 0 Å². The third-order valence-electron chi connectivity index (χ3n) is 17.5. The molecule has 1 spiro atoms. The van der Waals surface area contributed by atoms with Gasteiger partial charge in [0, 0.05) is 75.1 Å². The summed E-state index contributed by atoms with van der Waals surface area (Å²) in [7, 11) is 0. The quantitative estimate of drug-likeness (QED) is 0.0111. The Morgan fingerprint density at radius 1 is 0.742 bits per heavy atom. The Kier molecular flexibility index (Phi) is 37.8. The fraction of sp³-hybridized carbons (Fsp3) is 0.743. The number of para-hydroxylation sites is 1. The van der Waals surface area contributed by atoms with Crippen LogP contribution in [-0.4, -0.2) is 205 Å². The molecule has 1 aromatic rings. The summed E-state index contributed by atoms with van der Waals surface area (Å²) >= 11 is 3.09. The number of ether oxygens (including phenoxy) is 9. The minimum absolute atomic E-state index is 0.0200. The maximum atomic E-state index is 13.6. The van der Waals surface area contributed by atoms with E-state index in [-0.39, 0.29) is 119 Å². The Hall–Kier alpha value is -4.50. The Labute approximate surface area is 562 Å². The van der Waals surface area contributed by atoms with Gasteiger partial charge in [0.25, 0.3) is 0 Å². The van der Waals surface area contributed by atoms with Crippen LogP contribution in [0.25, 0.3) is 0 Å². The summed E-state index contributed by atoms with van der Waals surface area (Å²) in [6, 6.07) is 6.60. The second-order valence-electron chi connectivity index (χ2n) is 26.0. The molecule has 7 N–H and O–H groups in total. The second kappa shape index (κ2) is 44.3. The highest BCUT2D eigenvalue weighted by Crippen LogP contribution is 2.43. The van der Waals surface area contributed by atoms with Crippen LogP contribution in [0, 0.1) is 17.8 Å². The van der Waals surface area contributed by atoms with E-state index in [1.165, 1.54) is 12.2 Å². The first-order valence-electron chi connectivity index (χ1n) is 34.2. The SMILES string of the molecule is CC(/C=C/[C@@H]1C[C@]2(CO2)C[C@@H](CC(=O)N[C@H]2CC[C@H](CC(=O)CCc3ccccc3NC(=O)[C@H](C)NC(C)[C@@H](NC(=O)CCCCOCCOCCOCCOCCOCCOCCNC(=O)CBr)C(C)C)CC2)O1)=C\C[C@@H]1O[C@H](C)[C@H](NC(=O)/C=C\[C@H](C)O)C[C@@H]1C. The number of aryl methyl sites for hydroxylation is 1. The van der Waals surface area contributed by atoms with Crippen molar-refractivity contribution in [2.75, 3.05) is 103 Å². The number of anilines is 1. The van der Waals surface area contributed by atoms with Crippen LogP contribution < -0.4 is 31.9 Å². The van der Waals surface area contributed by atoms with Gasteiger partial charge in [-0.3, -0.25) is 28.8 Å². The van der Waals surface area contributed by atoms with Crippen LogP contribution in [-0.2, 0) is 77.8 Å². The number of hydrogen-bond acceptors (Lipinski definition) is 17. The van der Waals surface area contributed by atoms with Crippen molar-refractivity contribution in [1.82, 2.24) is 26.6 Å². The van der Waals surface area contributed by atoms with Crippen LogP contribution in [0.15, 0.2) is 60.2 Å². The third-order valence-corrected chi connectivity index (χ3v) is 18.0. The molecule has 0 aromatic heterocycles. The van der Waals surface area contributed by atoms with Crippen LogP contribution in [0.5, 0.6) is 0 Å². The van der Waals surface area contributed by atoms with Crippen LogP contribution in [0.1, 0.15) is 151 Å². The zero-order valence-corrected chi connectivity index (χ0v) is 58.4. The van der Waals surface area contributed by atoms with E-state index in [1.54, 1.807) is 6.92 Å². The van der Waals surface area contributed by atoms with Gasteiger partial charge in [-0.15, -0.1) is 0 Å². The fourth-order valence-electron chi connectivity index (χ4n) is 12.1. The molecular weight excluding hydrogens is 1260 g/mol. The predicted molar refractivity (Wildman–Crippen MR) is 361 cm³/mol. The van der Waals surface area contributed by atoms with Crippen LogP contribution in [0.4, 0.5) is 5.69 Å². The summed E-state index contributed by atoms with van der Waals surface area (Å²) in [5.41, 5.74) is 2.43. The highest BCUT2D eigenvalue weighted by atomic mass is 79.9. The lowest BCUT2D eigenvalue weighted by Crippen LogP contribution is -2.55. The Balaban J connectivity index is 0.885. The number of allylic oxidation sites excluding steroid dienone is 2. The maximum Gasteiger partial charge on any atom is 0.244 e. The fourth-order valence-corrected chi connectivity index (χ4v) is 12.3. The Morgan fingerprint density at radius 3 is 2.00 bits per heavy atom. The smallest absolute Gasteiger partial charge is 0.244 e. The number of ketones is 1. The number of hydrogen-bond donors (Lipinski definition) is 7. The van der Waals surface area contributed by atoms with Crippen molar-refractivity contribution in [2.45, 2.75) is 218 Å². The summed E-state index contributed by atoms with van der Waals surface area (Å²) in [6.45, 7) is 22.4. The zero-order valence-electron chi connectivity index (χ0n) is 56.9. The first-order chi connectivity index (χ1) is 44.7. The van der Waals surface area contributed by atoms with Crippen LogP contribution >= 0.6 is 15.9 Å². The molecule has 0 bridgehead atoms. The number of amides is 5. The molecule has 23 heteroatoms. The number of Topliss-reactive ketones (excluding diaryl/α,β-unsaturated/α-hetero) is 1. The van der Waals surface area contributed by atoms with E-state index < -0.39 is 12.1 Å². The van der Waals surface area contributed by atoms with Gasteiger partial charge in [0.05, 0.1) is 139 Å². The first kappa shape index (κ1) is 79.2. The largest absolute Gasteiger partial charge is 0.389 e. The Morgan fingerprint density at radius 2 is 1.38 bits per heavy atom. The maximum absolute atomic E-state index is 13.6. The molecule has 1 unspecified atom stereocenters. The molecule has 3 saturated heterocycles. The van der Waals surface area contributed by atoms with E-state index in [9.17, 15) is 33.9 Å². The number of alkyl halides is 1. The van der Waals surface area contributed by atoms with E-state index in [2.05, 4.69) is 93.8 Å². The molecule has 5 rings (SSSR count). The van der Waals surface area contributed by atoms with Gasteiger partial charge in [0.15, 0.2) is 0 Å². The molecule has 3 heterocycles.